The van der Waals surface area contributed by atoms with E-state index in [0.29, 0.717) is 59.9 Å². The zero-order chi connectivity index (χ0) is 26.7. The number of hydrogen-bond donors (Lipinski definition) is 3. The molecule has 0 saturated heterocycles. The molecule has 13 nitrogen and oxygen atoms in total. The van der Waals surface area contributed by atoms with E-state index in [4.69, 9.17) is 16.4 Å². The van der Waals surface area contributed by atoms with Gasteiger partial charge in [-0.1, -0.05) is 12.0 Å². The van der Waals surface area contributed by atoms with Crippen LogP contribution in [0.5, 0.6) is 0 Å². The first-order valence-corrected chi connectivity index (χ1v) is 13.7. The van der Waals surface area contributed by atoms with Gasteiger partial charge in [-0.15, -0.1) is 6.42 Å². The van der Waals surface area contributed by atoms with E-state index in [0.717, 1.165) is 37.0 Å². The summed E-state index contributed by atoms with van der Waals surface area (Å²) in [5, 5.41) is 22.7. The van der Waals surface area contributed by atoms with Crippen LogP contribution in [-0.4, -0.2) is 73.1 Å². The third-order valence-electron chi connectivity index (χ3n) is 6.98. The highest BCUT2D eigenvalue weighted by molar-refractivity contribution is 7.85. The average molecular weight is 537 g/mol. The first kappa shape index (κ1) is 25.5. The highest BCUT2D eigenvalue weighted by Crippen LogP contribution is 2.38. The van der Waals surface area contributed by atoms with Gasteiger partial charge in [0.1, 0.15) is 15.8 Å². The largest absolute Gasteiger partial charge is 0.362 e. The van der Waals surface area contributed by atoms with Crippen molar-refractivity contribution in [2.24, 2.45) is 5.10 Å². The Hall–Kier alpha value is -4.12. The van der Waals surface area contributed by atoms with E-state index in [1.165, 1.54) is 0 Å². The van der Waals surface area contributed by atoms with Crippen molar-refractivity contribution in [2.75, 3.05) is 42.7 Å². The molecule has 0 bridgehead atoms. The van der Waals surface area contributed by atoms with Crippen LogP contribution in [0.25, 0.3) is 5.57 Å². The van der Waals surface area contributed by atoms with Crippen LogP contribution in [0.1, 0.15) is 42.8 Å². The van der Waals surface area contributed by atoms with E-state index in [9.17, 15) is 14.3 Å². The Morgan fingerprint density at radius 1 is 1.32 bits per heavy atom. The molecule has 0 amide bonds. The summed E-state index contributed by atoms with van der Waals surface area (Å²) in [6, 6.07) is 0. The molecule has 0 radical (unpaired) electrons. The van der Waals surface area contributed by atoms with Crippen molar-refractivity contribution < 1.29 is 9.24 Å². The predicted molar refractivity (Wildman–Crippen MR) is 143 cm³/mol. The molecule has 3 N–H and O–H groups in total. The van der Waals surface area contributed by atoms with Gasteiger partial charge in [-0.25, -0.2) is 25.1 Å². The van der Waals surface area contributed by atoms with Gasteiger partial charge in [0.2, 0.25) is 5.95 Å². The molecule has 14 heteroatoms. The molecule has 2 aromatic rings. The summed E-state index contributed by atoms with van der Waals surface area (Å²) in [6.07, 6.45) is 14.8. The first-order chi connectivity index (χ1) is 18.4. The minimum atomic E-state index is -1.19. The van der Waals surface area contributed by atoms with Crippen LogP contribution >= 0.6 is 0 Å². The van der Waals surface area contributed by atoms with E-state index in [1.54, 1.807) is 19.4 Å². The lowest BCUT2D eigenvalue weighted by atomic mass is 9.76. The summed E-state index contributed by atoms with van der Waals surface area (Å²) in [6.45, 7) is 1.67. The number of aromatic nitrogens is 4. The number of guanidine groups is 1. The Kier molecular flexibility index (Phi) is 7.19. The number of nitro groups is 1. The van der Waals surface area contributed by atoms with Gasteiger partial charge in [-0.2, -0.15) is 4.98 Å². The van der Waals surface area contributed by atoms with Crippen molar-refractivity contribution in [3.63, 3.8) is 0 Å². The third-order valence-corrected chi connectivity index (χ3v) is 8.44. The van der Waals surface area contributed by atoms with Gasteiger partial charge in [0.05, 0.1) is 27.6 Å². The number of fused-ring (bicyclic) bond motifs is 1. The average Bonchev–Trinajstić information content (AvgIpc) is 3.29. The first-order valence-electron chi connectivity index (χ1n) is 12.3. The van der Waals surface area contributed by atoms with E-state index >= 15 is 0 Å². The Morgan fingerprint density at radius 3 is 2.71 bits per heavy atom. The lowest BCUT2D eigenvalue weighted by Crippen LogP contribution is -2.55. The smallest absolute Gasteiger partial charge is 0.268 e. The predicted octanol–water partition coefficient (Wildman–Crippen LogP) is 0.897. The fourth-order valence-electron chi connectivity index (χ4n) is 4.74. The summed E-state index contributed by atoms with van der Waals surface area (Å²) >= 11 is 0. The van der Waals surface area contributed by atoms with Gasteiger partial charge < -0.3 is 20.9 Å². The van der Waals surface area contributed by atoms with Gasteiger partial charge in [0.15, 0.2) is 10.9 Å². The second kappa shape index (κ2) is 10.7. The fraction of sp³-hybridized carbons (Fsp3) is 0.458. The quantitative estimate of drug-likeness (QED) is 0.151. The Bertz CT molecular complexity index is 1360. The maximum absolute atomic E-state index is 12.9. The standard InChI is InChI=1S/C24H28N10O3S/c1-3-16-13-26-20(27-14-16)17-5-10-33(11-6-17)23-29-18-7-12-38(37)19(18)21(30-23)31-24(8-4-9-24)15-28-22(25-2)32-34(35)36/h1,5,13-14H,4,6-12,15H2,2H3,(H2,25,28,32)(H,29,30,31). The zero-order valence-electron chi connectivity index (χ0n) is 20.9. The van der Waals surface area contributed by atoms with Crippen LogP contribution < -0.4 is 20.9 Å². The number of nitrogens with one attached hydrogen (secondary N) is 3. The van der Waals surface area contributed by atoms with Crippen molar-refractivity contribution in [1.82, 2.24) is 30.6 Å². The molecule has 2 aromatic heterocycles. The maximum Gasteiger partial charge on any atom is 0.268 e. The number of hydrazone groups is 1. The molecule has 2 aliphatic heterocycles. The highest BCUT2D eigenvalue weighted by Gasteiger charge is 2.40. The van der Waals surface area contributed by atoms with Gasteiger partial charge in [-0.05, 0) is 31.3 Å². The van der Waals surface area contributed by atoms with Crippen LogP contribution in [0.15, 0.2) is 28.5 Å². The normalized spacial score (nSPS) is 20.0. The van der Waals surface area contributed by atoms with Gasteiger partial charge in [0, 0.05) is 51.2 Å². The molecule has 1 fully saturated rings. The number of terminal acetylenes is 1. The van der Waals surface area contributed by atoms with Crippen molar-refractivity contribution in [2.45, 2.75) is 42.5 Å². The number of hydrogen-bond acceptors (Lipinski definition) is 9. The minimum Gasteiger partial charge on any atom is -0.362 e. The van der Waals surface area contributed by atoms with Gasteiger partial charge in [-0.3, -0.25) is 4.21 Å². The van der Waals surface area contributed by atoms with E-state index < -0.39 is 21.4 Å². The summed E-state index contributed by atoms with van der Waals surface area (Å²) in [5.41, 5.74) is 2.09. The second-order valence-electron chi connectivity index (χ2n) is 9.36. The zero-order valence-corrected chi connectivity index (χ0v) is 21.8. The monoisotopic (exact) mass is 536 g/mol. The molecule has 1 unspecified atom stereocenters. The molecule has 4 heterocycles. The number of rotatable bonds is 7. The summed E-state index contributed by atoms with van der Waals surface area (Å²) < 4.78 is 12.9. The molecule has 0 aromatic carbocycles. The summed E-state index contributed by atoms with van der Waals surface area (Å²) in [5.74, 6) is 4.94. The third kappa shape index (κ3) is 5.28. The highest BCUT2D eigenvalue weighted by atomic mass is 32.2. The molecule has 1 atom stereocenters. The van der Waals surface area contributed by atoms with E-state index in [1.807, 2.05) is 0 Å². The lowest BCUT2D eigenvalue weighted by molar-refractivity contribution is -0.485. The maximum atomic E-state index is 12.9. The van der Waals surface area contributed by atoms with Crippen molar-refractivity contribution >= 4 is 34.1 Å². The summed E-state index contributed by atoms with van der Waals surface area (Å²) in [4.78, 5) is 31.9. The van der Waals surface area contributed by atoms with Crippen LogP contribution in [0, 0.1) is 22.5 Å². The number of aryl methyl sites for hydroxylation is 1. The van der Waals surface area contributed by atoms with Crippen molar-refractivity contribution in [3.8, 4) is 12.3 Å². The molecule has 1 aliphatic carbocycles. The Labute approximate surface area is 222 Å². The molecule has 3 aliphatic rings. The molecule has 38 heavy (non-hydrogen) atoms. The van der Waals surface area contributed by atoms with Crippen LogP contribution in [0.3, 0.4) is 0 Å². The van der Waals surface area contributed by atoms with E-state index in [-0.39, 0.29) is 5.96 Å². The Morgan fingerprint density at radius 2 is 2.11 bits per heavy atom. The number of anilines is 2. The molecule has 0 spiro atoms. The van der Waals surface area contributed by atoms with Crippen LogP contribution in [0.2, 0.25) is 0 Å². The summed E-state index contributed by atoms with van der Waals surface area (Å²) in [7, 11) is 0.384. The van der Waals surface area contributed by atoms with E-state index in [2.05, 4.69) is 47.9 Å². The second-order valence-corrected chi connectivity index (χ2v) is 10.9. The molecule has 1 saturated carbocycles. The minimum absolute atomic E-state index is 0.0778. The fourth-order valence-corrected chi connectivity index (χ4v) is 6.05. The van der Waals surface area contributed by atoms with Gasteiger partial charge >= 0.3 is 0 Å². The SMILES string of the molecule is C#Cc1cnc(C2=CCN(c3nc4c(c(NC5(CN/C(=N/[N+](=O)[O-])NC)CCC5)n3)S(=O)CC4)CC2)nc1. The lowest BCUT2D eigenvalue weighted by Gasteiger charge is -2.43. The number of nitrogens with zero attached hydrogens (tertiary/aromatic N) is 7. The molecular weight excluding hydrogens is 508 g/mol. The molecule has 5 rings (SSSR count). The molecule has 198 valence electrons. The molecular formula is C24H28N10O3S. The van der Waals surface area contributed by atoms with Crippen LogP contribution in [-0.2, 0) is 17.2 Å². The van der Waals surface area contributed by atoms with Crippen molar-refractivity contribution in [3.05, 3.63) is 45.7 Å². The Balaban J connectivity index is 1.36. The van der Waals surface area contributed by atoms with Crippen molar-refractivity contribution in [1.29, 1.82) is 0 Å². The van der Waals surface area contributed by atoms with Gasteiger partial charge in [0.25, 0.3) is 5.96 Å². The topological polar surface area (TPSA) is 163 Å². The van der Waals surface area contributed by atoms with Crippen LogP contribution in [0.4, 0.5) is 11.8 Å².